The molecule has 1 aliphatic heterocycles. The van der Waals surface area contributed by atoms with E-state index in [4.69, 9.17) is 9.47 Å². The largest absolute Gasteiger partial charge is 0.492 e. The van der Waals surface area contributed by atoms with E-state index in [-0.39, 0.29) is 5.97 Å². The lowest BCUT2D eigenvalue weighted by Crippen LogP contribution is -2.18. The monoisotopic (exact) mass is 248 g/mol. The third-order valence-corrected chi connectivity index (χ3v) is 3.75. The Morgan fingerprint density at radius 3 is 2.61 bits per heavy atom. The Morgan fingerprint density at radius 1 is 1.22 bits per heavy atom. The van der Waals surface area contributed by atoms with Crippen molar-refractivity contribution >= 4 is 5.97 Å². The van der Waals surface area contributed by atoms with E-state index < -0.39 is 0 Å². The standard InChI is InChI=1S/C15H20O3/c1-5-17-15(16)13-11(4)9(2)10(3)12-7-6-8-18-14(12)13/h5-8H2,1-4H3. The van der Waals surface area contributed by atoms with Crippen molar-refractivity contribution in [1.82, 2.24) is 0 Å². The smallest absolute Gasteiger partial charge is 0.342 e. The molecule has 2 rings (SSSR count). The maximum Gasteiger partial charge on any atom is 0.342 e. The van der Waals surface area contributed by atoms with E-state index in [2.05, 4.69) is 13.8 Å². The van der Waals surface area contributed by atoms with Crippen molar-refractivity contribution in [3.05, 3.63) is 27.8 Å². The zero-order valence-electron chi connectivity index (χ0n) is 11.6. The number of fused-ring (bicyclic) bond motifs is 1. The molecule has 0 atom stereocenters. The molecule has 1 aromatic rings. The molecule has 3 heteroatoms. The van der Waals surface area contributed by atoms with Gasteiger partial charge in [0.25, 0.3) is 0 Å². The van der Waals surface area contributed by atoms with Crippen molar-refractivity contribution in [2.24, 2.45) is 0 Å². The number of esters is 1. The van der Waals surface area contributed by atoms with Crippen LogP contribution in [0.25, 0.3) is 0 Å². The molecule has 0 radical (unpaired) electrons. The van der Waals surface area contributed by atoms with Gasteiger partial charge in [-0.25, -0.2) is 4.79 Å². The minimum absolute atomic E-state index is 0.267. The van der Waals surface area contributed by atoms with Gasteiger partial charge < -0.3 is 9.47 Å². The number of ether oxygens (including phenoxy) is 2. The molecule has 0 aliphatic carbocycles. The maximum absolute atomic E-state index is 12.1. The zero-order chi connectivity index (χ0) is 13.3. The summed E-state index contributed by atoms with van der Waals surface area (Å²) < 4.78 is 10.9. The summed E-state index contributed by atoms with van der Waals surface area (Å²) in [5.41, 5.74) is 5.19. The molecular weight excluding hydrogens is 228 g/mol. The van der Waals surface area contributed by atoms with Crippen LogP contribution in [0.2, 0.25) is 0 Å². The highest BCUT2D eigenvalue weighted by Crippen LogP contribution is 2.36. The van der Waals surface area contributed by atoms with Crippen molar-refractivity contribution in [3.63, 3.8) is 0 Å². The first-order chi connectivity index (χ1) is 8.57. The van der Waals surface area contributed by atoms with Crippen molar-refractivity contribution < 1.29 is 14.3 Å². The summed E-state index contributed by atoms with van der Waals surface area (Å²) in [6.07, 6.45) is 1.99. The van der Waals surface area contributed by atoms with E-state index in [0.717, 1.165) is 24.2 Å². The number of rotatable bonds is 2. The number of benzene rings is 1. The number of hydrogen-bond acceptors (Lipinski definition) is 3. The Bertz CT molecular complexity index is 489. The molecule has 1 aromatic carbocycles. The fraction of sp³-hybridized carbons (Fsp3) is 0.533. The van der Waals surface area contributed by atoms with Gasteiger partial charge in [0.1, 0.15) is 11.3 Å². The Balaban J connectivity index is 2.64. The van der Waals surface area contributed by atoms with E-state index in [0.29, 0.717) is 18.8 Å². The van der Waals surface area contributed by atoms with Gasteiger partial charge in [0.05, 0.1) is 13.2 Å². The molecule has 0 saturated heterocycles. The summed E-state index contributed by atoms with van der Waals surface area (Å²) >= 11 is 0. The third-order valence-electron chi connectivity index (χ3n) is 3.75. The fourth-order valence-electron chi connectivity index (χ4n) is 2.52. The topological polar surface area (TPSA) is 35.5 Å². The van der Waals surface area contributed by atoms with Gasteiger partial charge in [0.15, 0.2) is 0 Å². The third kappa shape index (κ3) is 1.98. The highest BCUT2D eigenvalue weighted by Gasteiger charge is 2.26. The summed E-state index contributed by atoms with van der Waals surface area (Å²) in [6.45, 7) is 9.02. The second-order valence-corrected chi connectivity index (χ2v) is 4.73. The lowest BCUT2D eigenvalue weighted by molar-refractivity contribution is 0.0519. The SMILES string of the molecule is CCOC(=O)c1c(C)c(C)c(C)c2c1OCCC2. The predicted molar refractivity (Wildman–Crippen MR) is 70.4 cm³/mol. The van der Waals surface area contributed by atoms with Crippen LogP contribution in [-0.4, -0.2) is 19.2 Å². The molecular formula is C15H20O3. The van der Waals surface area contributed by atoms with Gasteiger partial charge in [-0.15, -0.1) is 0 Å². The molecule has 98 valence electrons. The minimum atomic E-state index is -0.267. The lowest BCUT2D eigenvalue weighted by atomic mass is 9.89. The van der Waals surface area contributed by atoms with Crippen LogP contribution in [0.3, 0.4) is 0 Å². The van der Waals surface area contributed by atoms with Gasteiger partial charge in [0.2, 0.25) is 0 Å². The average molecular weight is 248 g/mol. The van der Waals surface area contributed by atoms with E-state index in [1.54, 1.807) is 0 Å². The van der Waals surface area contributed by atoms with Gasteiger partial charge in [0, 0.05) is 0 Å². The van der Waals surface area contributed by atoms with Crippen molar-refractivity contribution in [3.8, 4) is 5.75 Å². The molecule has 1 aliphatic rings. The molecule has 0 N–H and O–H groups in total. The number of carbonyl (C=O) groups is 1. The van der Waals surface area contributed by atoms with Crippen LogP contribution in [0.4, 0.5) is 0 Å². The quantitative estimate of drug-likeness (QED) is 0.754. The van der Waals surface area contributed by atoms with Gasteiger partial charge >= 0.3 is 5.97 Å². The molecule has 18 heavy (non-hydrogen) atoms. The first kappa shape index (κ1) is 12.9. The Kier molecular flexibility index (Phi) is 3.60. The van der Waals surface area contributed by atoms with E-state index in [1.165, 1.54) is 16.7 Å². The van der Waals surface area contributed by atoms with E-state index in [9.17, 15) is 4.79 Å². The maximum atomic E-state index is 12.1. The van der Waals surface area contributed by atoms with Crippen LogP contribution < -0.4 is 4.74 Å². The summed E-state index contributed by atoms with van der Waals surface area (Å²) in [6, 6.07) is 0. The molecule has 0 aromatic heterocycles. The first-order valence-electron chi connectivity index (χ1n) is 6.50. The predicted octanol–water partition coefficient (Wildman–Crippen LogP) is 3.11. The van der Waals surface area contributed by atoms with Crippen molar-refractivity contribution in [2.45, 2.75) is 40.5 Å². The normalized spacial score (nSPS) is 13.8. The van der Waals surface area contributed by atoms with Gasteiger partial charge in [-0.05, 0) is 62.8 Å². The zero-order valence-corrected chi connectivity index (χ0v) is 11.6. The van der Waals surface area contributed by atoms with Crippen LogP contribution >= 0.6 is 0 Å². The van der Waals surface area contributed by atoms with Crippen LogP contribution in [0, 0.1) is 20.8 Å². The van der Waals surface area contributed by atoms with Crippen LogP contribution in [0.15, 0.2) is 0 Å². The minimum Gasteiger partial charge on any atom is -0.492 e. The van der Waals surface area contributed by atoms with Crippen LogP contribution in [-0.2, 0) is 11.2 Å². The number of carbonyl (C=O) groups excluding carboxylic acids is 1. The van der Waals surface area contributed by atoms with Gasteiger partial charge in [-0.2, -0.15) is 0 Å². The first-order valence-corrected chi connectivity index (χ1v) is 6.50. The molecule has 0 unspecified atom stereocenters. The fourth-order valence-corrected chi connectivity index (χ4v) is 2.52. The Labute approximate surface area is 108 Å². The van der Waals surface area contributed by atoms with Gasteiger partial charge in [-0.1, -0.05) is 0 Å². The molecule has 0 spiro atoms. The Morgan fingerprint density at radius 2 is 1.94 bits per heavy atom. The molecule has 1 heterocycles. The van der Waals surface area contributed by atoms with Crippen LogP contribution in [0.1, 0.15) is 46.0 Å². The summed E-state index contributed by atoms with van der Waals surface area (Å²) in [5.74, 6) is 0.483. The molecule has 3 nitrogen and oxygen atoms in total. The lowest BCUT2D eigenvalue weighted by Gasteiger charge is -2.25. The summed E-state index contributed by atoms with van der Waals surface area (Å²) in [4.78, 5) is 12.1. The average Bonchev–Trinajstić information content (AvgIpc) is 2.37. The second kappa shape index (κ2) is 5.01. The molecule has 0 saturated carbocycles. The van der Waals surface area contributed by atoms with Crippen LogP contribution in [0.5, 0.6) is 5.75 Å². The van der Waals surface area contributed by atoms with E-state index in [1.807, 2.05) is 13.8 Å². The highest BCUT2D eigenvalue weighted by molar-refractivity contribution is 5.95. The van der Waals surface area contributed by atoms with Crippen molar-refractivity contribution in [1.29, 1.82) is 0 Å². The summed E-state index contributed by atoms with van der Waals surface area (Å²) in [7, 11) is 0. The molecule has 0 fully saturated rings. The highest BCUT2D eigenvalue weighted by atomic mass is 16.5. The van der Waals surface area contributed by atoms with Gasteiger partial charge in [-0.3, -0.25) is 0 Å². The van der Waals surface area contributed by atoms with Crippen molar-refractivity contribution in [2.75, 3.05) is 13.2 Å². The second-order valence-electron chi connectivity index (χ2n) is 4.73. The Hall–Kier alpha value is -1.51. The molecule has 0 bridgehead atoms. The number of hydrogen-bond donors (Lipinski definition) is 0. The van der Waals surface area contributed by atoms with E-state index >= 15 is 0 Å². The molecule has 0 amide bonds. The summed E-state index contributed by atoms with van der Waals surface area (Å²) in [5, 5.41) is 0.